The Kier molecular flexibility index (Phi) is 4.34. The summed E-state index contributed by atoms with van der Waals surface area (Å²) in [6.45, 7) is 3.36. The molecular weight excluding hydrogens is 271 g/mol. The summed E-state index contributed by atoms with van der Waals surface area (Å²) in [6.07, 6.45) is -4.70. The highest BCUT2D eigenvalue weighted by molar-refractivity contribution is 5.59. The fourth-order valence-electron chi connectivity index (χ4n) is 1.72. The van der Waals surface area contributed by atoms with Crippen LogP contribution in [0.4, 0.5) is 13.2 Å². The number of nitrogens with one attached hydrogen (secondary N) is 1. The van der Waals surface area contributed by atoms with Crippen LogP contribution in [0.3, 0.4) is 0 Å². The van der Waals surface area contributed by atoms with Crippen LogP contribution in [0.5, 0.6) is 5.75 Å². The molecule has 0 aliphatic carbocycles. The Hall–Kier alpha value is -1.95. The minimum absolute atomic E-state index is 0.264. The van der Waals surface area contributed by atoms with Gasteiger partial charge in [-0.2, -0.15) is 0 Å². The van der Waals surface area contributed by atoms with Crippen molar-refractivity contribution in [3.63, 3.8) is 0 Å². The minimum atomic E-state index is -4.70. The van der Waals surface area contributed by atoms with Crippen LogP contribution in [0.2, 0.25) is 0 Å². The van der Waals surface area contributed by atoms with Gasteiger partial charge in [0.25, 0.3) is 0 Å². The third-order valence-electron chi connectivity index (χ3n) is 2.56. The molecule has 0 fully saturated rings. The molecule has 1 heterocycles. The van der Waals surface area contributed by atoms with Crippen molar-refractivity contribution in [3.05, 3.63) is 42.2 Å². The van der Waals surface area contributed by atoms with E-state index in [1.54, 1.807) is 18.2 Å². The van der Waals surface area contributed by atoms with E-state index in [9.17, 15) is 13.2 Å². The maximum absolute atomic E-state index is 12.2. The molecule has 0 saturated heterocycles. The van der Waals surface area contributed by atoms with Gasteiger partial charge in [-0.1, -0.05) is 19.1 Å². The van der Waals surface area contributed by atoms with Crippen molar-refractivity contribution in [2.24, 2.45) is 0 Å². The van der Waals surface area contributed by atoms with Crippen molar-refractivity contribution in [1.29, 1.82) is 0 Å². The third-order valence-corrected chi connectivity index (χ3v) is 2.56. The van der Waals surface area contributed by atoms with E-state index < -0.39 is 6.36 Å². The summed E-state index contributed by atoms with van der Waals surface area (Å²) < 4.78 is 45.9. The van der Waals surface area contributed by atoms with Gasteiger partial charge in [-0.15, -0.1) is 13.2 Å². The fourth-order valence-corrected chi connectivity index (χ4v) is 1.72. The van der Waals surface area contributed by atoms with Gasteiger partial charge in [0, 0.05) is 5.56 Å². The summed E-state index contributed by atoms with van der Waals surface area (Å²) in [4.78, 5) is 0. The second-order valence-electron chi connectivity index (χ2n) is 4.12. The Balaban J connectivity index is 2.16. The van der Waals surface area contributed by atoms with Crippen molar-refractivity contribution in [3.8, 4) is 17.1 Å². The normalized spacial score (nSPS) is 11.6. The highest BCUT2D eigenvalue weighted by atomic mass is 19.4. The minimum Gasteiger partial charge on any atom is -0.460 e. The van der Waals surface area contributed by atoms with Crippen molar-refractivity contribution in [2.75, 3.05) is 6.54 Å². The highest BCUT2D eigenvalue weighted by Gasteiger charge is 2.31. The second kappa shape index (κ2) is 6.00. The first-order chi connectivity index (χ1) is 9.48. The fraction of sp³-hybridized carbons (Fsp3) is 0.286. The van der Waals surface area contributed by atoms with Crippen molar-refractivity contribution >= 4 is 0 Å². The lowest BCUT2D eigenvalue weighted by Crippen LogP contribution is -2.17. The van der Waals surface area contributed by atoms with E-state index in [-0.39, 0.29) is 5.75 Å². The molecule has 108 valence electrons. The number of ether oxygens (including phenoxy) is 1. The zero-order valence-electron chi connectivity index (χ0n) is 10.8. The lowest BCUT2D eigenvalue weighted by atomic mass is 10.2. The first-order valence-electron chi connectivity index (χ1n) is 6.13. The standard InChI is InChI=1S/C14H14F3NO2/c1-2-18-9-12-6-7-13(19-12)10-4-3-5-11(8-10)20-14(15,16)17/h3-8,18H,2,9H2,1H3. The Morgan fingerprint density at radius 1 is 1.20 bits per heavy atom. The molecule has 0 amide bonds. The van der Waals surface area contributed by atoms with Crippen LogP contribution in [0.1, 0.15) is 12.7 Å². The lowest BCUT2D eigenvalue weighted by Gasteiger charge is -2.09. The predicted octanol–water partition coefficient (Wildman–Crippen LogP) is 3.95. The molecule has 0 radical (unpaired) electrons. The number of hydrogen-bond acceptors (Lipinski definition) is 3. The van der Waals surface area contributed by atoms with Gasteiger partial charge in [0.1, 0.15) is 17.3 Å². The van der Waals surface area contributed by atoms with E-state index in [4.69, 9.17) is 4.42 Å². The number of hydrogen-bond donors (Lipinski definition) is 1. The number of alkyl halides is 3. The van der Waals surface area contributed by atoms with Gasteiger partial charge in [0.15, 0.2) is 0 Å². The Labute approximate surface area is 114 Å². The van der Waals surface area contributed by atoms with E-state index in [1.165, 1.54) is 18.2 Å². The molecule has 0 bridgehead atoms. The molecule has 3 nitrogen and oxygen atoms in total. The average Bonchev–Trinajstić information content (AvgIpc) is 2.83. The largest absolute Gasteiger partial charge is 0.573 e. The molecule has 0 saturated carbocycles. The molecule has 6 heteroatoms. The van der Waals surface area contributed by atoms with Crippen molar-refractivity contribution in [2.45, 2.75) is 19.8 Å². The molecule has 1 aromatic heterocycles. The van der Waals surface area contributed by atoms with E-state index in [0.29, 0.717) is 17.9 Å². The van der Waals surface area contributed by atoms with E-state index in [0.717, 1.165) is 12.3 Å². The predicted molar refractivity (Wildman–Crippen MR) is 68.2 cm³/mol. The van der Waals surface area contributed by atoms with Gasteiger partial charge in [0.05, 0.1) is 6.54 Å². The summed E-state index contributed by atoms with van der Waals surface area (Å²) in [5.41, 5.74) is 0.537. The highest BCUT2D eigenvalue weighted by Crippen LogP contribution is 2.28. The zero-order chi connectivity index (χ0) is 14.6. The van der Waals surface area contributed by atoms with Crippen LogP contribution >= 0.6 is 0 Å². The van der Waals surface area contributed by atoms with Crippen LogP contribution in [0.25, 0.3) is 11.3 Å². The number of benzene rings is 1. The van der Waals surface area contributed by atoms with Crippen molar-refractivity contribution < 1.29 is 22.3 Å². The summed E-state index contributed by atoms with van der Waals surface area (Å²) >= 11 is 0. The maximum Gasteiger partial charge on any atom is 0.573 e. The summed E-state index contributed by atoms with van der Waals surface area (Å²) in [5, 5.41) is 3.10. The first kappa shape index (κ1) is 14.5. The van der Waals surface area contributed by atoms with Crippen LogP contribution in [-0.2, 0) is 6.54 Å². The van der Waals surface area contributed by atoms with Crippen molar-refractivity contribution in [1.82, 2.24) is 5.32 Å². The number of rotatable bonds is 5. The Morgan fingerprint density at radius 3 is 2.70 bits per heavy atom. The maximum atomic E-state index is 12.2. The van der Waals surface area contributed by atoms with Gasteiger partial charge < -0.3 is 14.5 Å². The summed E-state index contributed by atoms with van der Waals surface area (Å²) in [6, 6.07) is 9.21. The summed E-state index contributed by atoms with van der Waals surface area (Å²) in [7, 11) is 0. The quantitative estimate of drug-likeness (QED) is 0.903. The zero-order valence-corrected chi connectivity index (χ0v) is 10.8. The average molecular weight is 285 g/mol. The molecule has 2 rings (SSSR count). The first-order valence-corrected chi connectivity index (χ1v) is 6.13. The molecule has 0 aliphatic rings. The van der Waals surface area contributed by atoms with Crippen LogP contribution in [-0.4, -0.2) is 12.9 Å². The van der Waals surface area contributed by atoms with Gasteiger partial charge >= 0.3 is 6.36 Å². The molecule has 0 spiro atoms. The van der Waals surface area contributed by atoms with Crippen LogP contribution in [0.15, 0.2) is 40.8 Å². The van der Waals surface area contributed by atoms with Crippen LogP contribution < -0.4 is 10.1 Å². The van der Waals surface area contributed by atoms with Crippen LogP contribution in [0, 0.1) is 0 Å². The molecule has 20 heavy (non-hydrogen) atoms. The monoisotopic (exact) mass is 285 g/mol. The van der Waals surface area contributed by atoms with E-state index >= 15 is 0 Å². The smallest absolute Gasteiger partial charge is 0.460 e. The van der Waals surface area contributed by atoms with Gasteiger partial charge in [-0.3, -0.25) is 0 Å². The van der Waals surface area contributed by atoms with E-state index in [2.05, 4.69) is 10.1 Å². The topological polar surface area (TPSA) is 34.4 Å². The number of halogens is 3. The Bertz CT molecular complexity index is 564. The van der Waals surface area contributed by atoms with Gasteiger partial charge in [-0.05, 0) is 30.8 Å². The third kappa shape index (κ3) is 4.03. The molecule has 1 N–H and O–H groups in total. The number of furan rings is 1. The summed E-state index contributed by atoms with van der Waals surface area (Å²) in [5.74, 6) is 0.967. The second-order valence-corrected chi connectivity index (χ2v) is 4.12. The van der Waals surface area contributed by atoms with Gasteiger partial charge in [0.2, 0.25) is 0 Å². The Morgan fingerprint density at radius 2 is 2.00 bits per heavy atom. The molecule has 0 aliphatic heterocycles. The SMILES string of the molecule is CCNCc1ccc(-c2cccc(OC(F)(F)F)c2)o1. The molecule has 0 unspecified atom stereocenters. The van der Waals surface area contributed by atoms with Gasteiger partial charge in [-0.25, -0.2) is 0 Å². The van der Waals surface area contributed by atoms with E-state index in [1.807, 2.05) is 6.92 Å². The molecular formula is C14H14F3NO2. The molecule has 1 aromatic carbocycles. The molecule has 2 aromatic rings. The molecule has 0 atom stereocenters. The lowest BCUT2D eigenvalue weighted by molar-refractivity contribution is -0.274.